The monoisotopic (exact) mass is 277 g/mol. The molecule has 6 heteroatoms. The van der Waals surface area contributed by atoms with Crippen LogP contribution in [0.3, 0.4) is 0 Å². The molecule has 0 aliphatic carbocycles. The van der Waals surface area contributed by atoms with Crippen LogP contribution in [0.4, 0.5) is 11.5 Å². The summed E-state index contributed by atoms with van der Waals surface area (Å²) in [4.78, 5) is 15.0. The first kappa shape index (κ1) is 13.2. The molecule has 0 fully saturated rings. The highest BCUT2D eigenvalue weighted by Crippen LogP contribution is 2.22. The summed E-state index contributed by atoms with van der Waals surface area (Å²) in [7, 11) is 0. The van der Waals surface area contributed by atoms with Gasteiger partial charge in [-0.2, -0.15) is 0 Å². The molecule has 0 bridgehead atoms. The molecule has 0 saturated heterocycles. The molecule has 1 aromatic carbocycles. The predicted molar refractivity (Wildman–Crippen MR) is 74.4 cm³/mol. The second-order valence-corrected chi connectivity index (χ2v) is 4.28. The van der Waals surface area contributed by atoms with Crippen molar-refractivity contribution in [3.05, 3.63) is 52.7 Å². The molecule has 0 unspecified atom stereocenters. The zero-order valence-corrected chi connectivity index (χ0v) is 10.7. The molecule has 0 amide bonds. The first-order chi connectivity index (χ1) is 9.09. The number of aromatic carboxylic acids is 1. The van der Waals surface area contributed by atoms with Crippen molar-refractivity contribution in [1.29, 1.82) is 0 Å². The van der Waals surface area contributed by atoms with E-state index in [1.807, 2.05) is 18.2 Å². The van der Waals surface area contributed by atoms with Crippen molar-refractivity contribution < 1.29 is 9.90 Å². The van der Waals surface area contributed by atoms with Gasteiger partial charge in [0.25, 0.3) is 0 Å². The number of carbonyl (C=O) groups is 1. The third kappa shape index (κ3) is 2.95. The van der Waals surface area contributed by atoms with Crippen LogP contribution in [0.2, 0.25) is 5.02 Å². The zero-order chi connectivity index (χ0) is 13.8. The standard InChI is InChI=1S/C13H12ClN3O2/c14-10-4-2-1-3-8(10)7-17-12-11(15)9(13(18)19)5-6-16-12/h1-6H,7,15H2,(H,16,17)(H,18,19). The van der Waals surface area contributed by atoms with Crippen LogP contribution in [0.25, 0.3) is 0 Å². The molecule has 98 valence electrons. The van der Waals surface area contributed by atoms with Gasteiger partial charge in [-0.1, -0.05) is 29.8 Å². The Morgan fingerprint density at radius 2 is 2.11 bits per heavy atom. The Morgan fingerprint density at radius 3 is 2.79 bits per heavy atom. The number of nitrogen functional groups attached to an aromatic ring is 1. The average molecular weight is 278 g/mol. The minimum atomic E-state index is -1.08. The van der Waals surface area contributed by atoms with E-state index in [-0.39, 0.29) is 11.3 Å². The SMILES string of the molecule is Nc1c(C(=O)O)ccnc1NCc1ccccc1Cl. The summed E-state index contributed by atoms with van der Waals surface area (Å²) in [6.45, 7) is 0.417. The summed E-state index contributed by atoms with van der Waals surface area (Å²) in [5, 5.41) is 12.6. The Labute approximate surface area is 115 Å². The number of carboxylic acids is 1. The normalized spacial score (nSPS) is 10.2. The third-order valence-corrected chi connectivity index (χ3v) is 2.99. The molecule has 4 N–H and O–H groups in total. The summed E-state index contributed by atoms with van der Waals surface area (Å²) in [5.41, 5.74) is 6.77. The van der Waals surface area contributed by atoms with E-state index in [1.54, 1.807) is 6.07 Å². The Kier molecular flexibility index (Phi) is 3.87. The highest BCUT2D eigenvalue weighted by molar-refractivity contribution is 6.31. The fourth-order valence-electron chi connectivity index (χ4n) is 1.62. The van der Waals surface area contributed by atoms with Crippen LogP contribution < -0.4 is 11.1 Å². The van der Waals surface area contributed by atoms with Gasteiger partial charge in [0.15, 0.2) is 0 Å². The van der Waals surface area contributed by atoms with Crippen LogP contribution in [0.1, 0.15) is 15.9 Å². The molecule has 2 rings (SSSR count). The molecule has 1 heterocycles. The molecule has 1 aromatic heterocycles. The maximum absolute atomic E-state index is 10.9. The van der Waals surface area contributed by atoms with Crippen molar-refractivity contribution in [1.82, 2.24) is 4.98 Å². The first-order valence-corrected chi connectivity index (χ1v) is 5.92. The number of carboxylic acid groups (broad SMARTS) is 1. The van der Waals surface area contributed by atoms with Crippen molar-refractivity contribution >= 4 is 29.1 Å². The van der Waals surface area contributed by atoms with Gasteiger partial charge >= 0.3 is 5.97 Å². The lowest BCUT2D eigenvalue weighted by Crippen LogP contribution is -2.09. The summed E-state index contributed by atoms with van der Waals surface area (Å²) in [5.74, 6) is -0.750. The lowest BCUT2D eigenvalue weighted by atomic mass is 10.2. The number of anilines is 2. The lowest BCUT2D eigenvalue weighted by molar-refractivity contribution is 0.0698. The van der Waals surface area contributed by atoms with E-state index >= 15 is 0 Å². The molecule has 19 heavy (non-hydrogen) atoms. The molecule has 5 nitrogen and oxygen atoms in total. The lowest BCUT2D eigenvalue weighted by Gasteiger charge is -2.10. The van der Waals surface area contributed by atoms with Gasteiger partial charge in [-0.15, -0.1) is 0 Å². The number of rotatable bonds is 4. The Hall–Kier alpha value is -2.27. The molecule has 0 spiro atoms. The van der Waals surface area contributed by atoms with Crippen molar-refractivity contribution in [2.75, 3.05) is 11.1 Å². The molecular weight excluding hydrogens is 266 g/mol. The van der Waals surface area contributed by atoms with E-state index in [1.165, 1.54) is 12.3 Å². The number of pyridine rings is 1. The second kappa shape index (κ2) is 5.58. The van der Waals surface area contributed by atoms with Crippen molar-refractivity contribution in [2.45, 2.75) is 6.54 Å². The first-order valence-electron chi connectivity index (χ1n) is 5.54. The highest BCUT2D eigenvalue weighted by Gasteiger charge is 2.12. The van der Waals surface area contributed by atoms with E-state index in [4.69, 9.17) is 22.4 Å². The van der Waals surface area contributed by atoms with Crippen LogP contribution in [0.15, 0.2) is 36.5 Å². The maximum atomic E-state index is 10.9. The number of halogens is 1. The van der Waals surface area contributed by atoms with Gasteiger partial charge in [0.1, 0.15) is 5.82 Å². The second-order valence-electron chi connectivity index (χ2n) is 3.87. The largest absolute Gasteiger partial charge is 0.478 e. The van der Waals surface area contributed by atoms with Gasteiger partial charge in [-0.25, -0.2) is 9.78 Å². The van der Waals surface area contributed by atoms with Crippen molar-refractivity contribution in [2.24, 2.45) is 0 Å². The minimum Gasteiger partial charge on any atom is -0.478 e. The fourth-order valence-corrected chi connectivity index (χ4v) is 1.82. The zero-order valence-electron chi connectivity index (χ0n) is 9.93. The van der Waals surface area contributed by atoms with Gasteiger partial charge in [-0.05, 0) is 17.7 Å². The summed E-state index contributed by atoms with van der Waals surface area (Å²) in [6, 6.07) is 8.71. The summed E-state index contributed by atoms with van der Waals surface area (Å²) >= 11 is 6.03. The van der Waals surface area contributed by atoms with Gasteiger partial charge in [-0.3, -0.25) is 0 Å². The molecule has 2 aromatic rings. The van der Waals surface area contributed by atoms with Crippen molar-refractivity contribution in [3.63, 3.8) is 0 Å². The van der Waals surface area contributed by atoms with E-state index in [2.05, 4.69) is 10.3 Å². The quantitative estimate of drug-likeness (QED) is 0.799. The molecule has 0 aliphatic heterocycles. The van der Waals surface area contributed by atoms with E-state index in [9.17, 15) is 4.79 Å². The smallest absolute Gasteiger partial charge is 0.337 e. The van der Waals surface area contributed by atoms with Gasteiger partial charge < -0.3 is 16.2 Å². The van der Waals surface area contributed by atoms with Crippen LogP contribution in [0, 0.1) is 0 Å². The van der Waals surface area contributed by atoms with Gasteiger partial charge in [0.05, 0.1) is 11.3 Å². The molecule has 0 saturated carbocycles. The number of nitrogens with one attached hydrogen (secondary N) is 1. The molecule has 0 atom stereocenters. The van der Waals surface area contributed by atoms with E-state index in [0.29, 0.717) is 17.4 Å². The molecule has 0 aliphatic rings. The maximum Gasteiger partial charge on any atom is 0.337 e. The number of nitrogens with zero attached hydrogens (tertiary/aromatic N) is 1. The fraction of sp³-hybridized carbons (Fsp3) is 0.0769. The number of benzene rings is 1. The Morgan fingerprint density at radius 1 is 1.37 bits per heavy atom. The number of aromatic nitrogens is 1. The third-order valence-electron chi connectivity index (χ3n) is 2.62. The summed E-state index contributed by atoms with van der Waals surface area (Å²) < 4.78 is 0. The van der Waals surface area contributed by atoms with Gasteiger partial charge in [0, 0.05) is 17.8 Å². The number of hydrogen-bond donors (Lipinski definition) is 3. The van der Waals surface area contributed by atoms with Crippen LogP contribution in [-0.2, 0) is 6.54 Å². The summed E-state index contributed by atoms with van der Waals surface area (Å²) in [6.07, 6.45) is 1.40. The highest BCUT2D eigenvalue weighted by atomic mass is 35.5. The minimum absolute atomic E-state index is 0.0247. The van der Waals surface area contributed by atoms with Gasteiger partial charge in [0.2, 0.25) is 0 Å². The average Bonchev–Trinajstić information content (AvgIpc) is 2.39. The van der Waals surface area contributed by atoms with E-state index in [0.717, 1.165) is 5.56 Å². The number of nitrogens with two attached hydrogens (primary N) is 1. The predicted octanol–water partition coefficient (Wildman–Crippen LogP) is 2.63. The van der Waals surface area contributed by atoms with Crippen LogP contribution >= 0.6 is 11.6 Å². The van der Waals surface area contributed by atoms with E-state index < -0.39 is 5.97 Å². The van der Waals surface area contributed by atoms with Crippen LogP contribution in [-0.4, -0.2) is 16.1 Å². The van der Waals surface area contributed by atoms with Crippen LogP contribution in [0.5, 0.6) is 0 Å². The molecular formula is C13H12ClN3O2. The molecule has 0 radical (unpaired) electrons. The topological polar surface area (TPSA) is 88.2 Å². The number of hydrogen-bond acceptors (Lipinski definition) is 4. The van der Waals surface area contributed by atoms with Crippen molar-refractivity contribution in [3.8, 4) is 0 Å². The Balaban J connectivity index is 2.19. The Bertz CT molecular complexity index is 617.